The molecule has 1 unspecified atom stereocenters. The van der Waals surface area contributed by atoms with Gasteiger partial charge in [0.15, 0.2) is 23.1 Å². The van der Waals surface area contributed by atoms with Gasteiger partial charge in [-0.15, -0.1) is 0 Å². The molecular formula is C21H22FNO5. The second-order valence-corrected chi connectivity index (χ2v) is 7.06. The van der Waals surface area contributed by atoms with E-state index in [9.17, 15) is 14.3 Å². The Balaban J connectivity index is 1.69. The molecule has 2 aliphatic rings. The van der Waals surface area contributed by atoms with Gasteiger partial charge in [0, 0.05) is 0 Å². The highest BCUT2D eigenvalue weighted by Crippen LogP contribution is 2.39. The zero-order valence-electron chi connectivity index (χ0n) is 15.6. The molecule has 28 heavy (non-hydrogen) atoms. The number of carboxylic acids is 1. The molecule has 2 heterocycles. The van der Waals surface area contributed by atoms with Crippen molar-refractivity contribution in [3.63, 3.8) is 0 Å². The fourth-order valence-electron chi connectivity index (χ4n) is 3.95. The number of carbonyl (C=O) groups is 1. The summed E-state index contributed by atoms with van der Waals surface area (Å²) in [6, 6.07) is 10.5. The highest BCUT2D eigenvalue weighted by Gasteiger charge is 2.31. The lowest BCUT2D eigenvalue weighted by Gasteiger charge is -2.37. The van der Waals surface area contributed by atoms with Crippen LogP contribution in [0.3, 0.4) is 0 Å². The van der Waals surface area contributed by atoms with Crippen molar-refractivity contribution in [2.75, 3.05) is 27.0 Å². The van der Waals surface area contributed by atoms with E-state index in [-0.39, 0.29) is 24.5 Å². The van der Waals surface area contributed by atoms with Crippen LogP contribution in [0.4, 0.5) is 4.39 Å². The molecule has 4 rings (SSSR count). The van der Waals surface area contributed by atoms with Gasteiger partial charge in [0.1, 0.15) is 0 Å². The molecule has 1 N–H and O–H groups in total. The molecule has 1 saturated heterocycles. The zero-order chi connectivity index (χ0) is 19.7. The SMILES string of the molecule is COc1ccc(C(c2ccc3c(c2)OCO3)N2CCC(C(=O)O)CC2)cc1F. The fourth-order valence-corrected chi connectivity index (χ4v) is 3.95. The smallest absolute Gasteiger partial charge is 0.306 e. The number of hydrogen-bond donors (Lipinski definition) is 1. The van der Waals surface area contributed by atoms with Crippen LogP contribution < -0.4 is 14.2 Å². The summed E-state index contributed by atoms with van der Waals surface area (Å²) in [5.41, 5.74) is 1.73. The van der Waals surface area contributed by atoms with Gasteiger partial charge >= 0.3 is 5.97 Å². The molecule has 0 aliphatic carbocycles. The van der Waals surface area contributed by atoms with Gasteiger partial charge in [-0.2, -0.15) is 0 Å². The number of piperidine rings is 1. The van der Waals surface area contributed by atoms with E-state index >= 15 is 0 Å². The quantitative estimate of drug-likeness (QED) is 0.848. The number of nitrogens with zero attached hydrogens (tertiary/aromatic N) is 1. The molecule has 0 saturated carbocycles. The number of benzene rings is 2. The molecule has 0 amide bonds. The summed E-state index contributed by atoms with van der Waals surface area (Å²) in [6.45, 7) is 1.41. The van der Waals surface area contributed by atoms with Crippen molar-refractivity contribution >= 4 is 5.97 Å². The van der Waals surface area contributed by atoms with E-state index in [1.165, 1.54) is 13.2 Å². The lowest BCUT2D eigenvalue weighted by molar-refractivity contribution is -0.143. The second kappa shape index (κ2) is 7.67. The first-order chi connectivity index (χ1) is 13.6. The number of carboxylic acid groups (broad SMARTS) is 1. The van der Waals surface area contributed by atoms with Crippen molar-refractivity contribution in [2.45, 2.75) is 18.9 Å². The summed E-state index contributed by atoms with van der Waals surface area (Å²) in [6.07, 6.45) is 1.13. The second-order valence-electron chi connectivity index (χ2n) is 7.06. The van der Waals surface area contributed by atoms with E-state index in [2.05, 4.69) is 4.90 Å². The maximum absolute atomic E-state index is 14.4. The zero-order valence-corrected chi connectivity index (χ0v) is 15.6. The van der Waals surface area contributed by atoms with Crippen molar-refractivity contribution in [3.8, 4) is 17.2 Å². The van der Waals surface area contributed by atoms with Gasteiger partial charge in [-0.05, 0) is 61.3 Å². The third-order valence-corrected chi connectivity index (χ3v) is 5.45. The first kappa shape index (κ1) is 18.6. The number of likely N-dealkylation sites (tertiary alicyclic amines) is 1. The average Bonchev–Trinajstić information content (AvgIpc) is 3.17. The van der Waals surface area contributed by atoms with Gasteiger partial charge in [0.25, 0.3) is 0 Å². The van der Waals surface area contributed by atoms with E-state index in [0.29, 0.717) is 37.4 Å². The number of fused-ring (bicyclic) bond motifs is 1. The Morgan fingerprint density at radius 3 is 2.50 bits per heavy atom. The van der Waals surface area contributed by atoms with Gasteiger partial charge in [-0.3, -0.25) is 9.69 Å². The highest BCUT2D eigenvalue weighted by atomic mass is 19.1. The van der Waals surface area contributed by atoms with E-state index in [0.717, 1.165) is 11.1 Å². The van der Waals surface area contributed by atoms with Crippen LogP contribution in [0.25, 0.3) is 0 Å². The summed E-state index contributed by atoms with van der Waals surface area (Å²) in [7, 11) is 1.43. The standard InChI is InChI=1S/C21H22FNO5/c1-26-17-4-2-14(10-16(17)22)20(23-8-6-13(7-9-23)21(24)25)15-3-5-18-19(11-15)28-12-27-18/h2-5,10-11,13,20H,6-9,12H2,1H3,(H,24,25). The largest absolute Gasteiger partial charge is 0.494 e. The number of methoxy groups -OCH3 is 1. The van der Waals surface area contributed by atoms with Gasteiger partial charge in [-0.25, -0.2) is 4.39 Å². The molecule has 0 spiro atoms. The topological polar surface area (TPSA) is 68.2 Å². The third kappa shape index (κ3) is 3.49. The Bertz CT molecular complexity index is 879. The molecule has 0 radical (unpaired) electrons. The van der Waals surface area contributed by atoms with Gasteiger partial charge in [0.2, 0.25) is 6.79 Å². The predicted octanol–water partition coefficient (Wildman–Crippen LogP) is 3.45. The molecule has 1 fully saturated rings. The monoisotopic (exact) mass is 387 g/mol. The molecule has 1 atom stereocenters. The number of ether oxygens (including phenoxy) is 3. The fraction of sp³-hybridized carbons (Fsp3) is 0.381. The van der Waals surface area contributed by atoms with Gasteiger partial charge in [0.05, 0.1) is 19.1 Å². The van der Waals surface area contributed by atoms with Crippen LogP contribution >= 0.6 is 0 Å². The third-order valence-electron chi connectivity index (χ3n) is 5.45. The van der Waals surface area contributed by atoms with Crippen LogP contribution in [0.15, 0.2) is 36.4 Å². The summed E-state index contributed by atoms with van der Waals surface area (Å²) in [5.74, 6) is 0.0323. The molecule has 0 aromatic heterocycles. The van der Waals surface area contributed by atoms with Crippen LogP contribution in [0.2, 0.25) is 0 Å². The minimum atomic E-state index is -0.755. The van der Waals surface area contributed by atoms with Crippen molar-refractivity contribution in [1.29, 1.82) is 0 Å². The van der Waals surface area contributed by atoms with Crippen molar-refractivity contribution in [3.05, 3.63) is 53.3 Å². The van der Waals surface area contributed by atoms with Crippen LogP contribution in [0.1, 0.15) is 30.0 Å². The van der Waals surface area contributed by atoms with Gasteiger partial charge < -0.3 is 19.3 Å². The van der Waals surface area contributed by atoms with Crippen LogP contribution in [-0.4, -0.2) is 43.0 Å². The molecule has 2 aromatic rings. The Labute approximate surface area is 162 Å². The Kier molecular flexibility index (Phi) is 5.09. The molecule has 0 bridgehead atoms. The Morgan fingerprint density at radius 1 is 1.14 bits per heavy atom. The highest BCUT2D eigenvalue weighted by molar-refractivity contribution is 5.70. The number of rotatable bonds is 5. The van der Waals surface area contributed by atoms with Crippen molar-refractivity contribution in [1.82, 2.24) is 4.90 Å². The van der Waals surface area contributed by atoms with Crippen molar-refractivity contribution < 1.29 is 28.5 Å². The first-order valence-corrected chi connectivity index (χ1v) is 9.26. The Morgan fingerprint density at radius 2 is 1.82 bits per heavy atom. The lowest BCUT2D eigenvalue weighted by atomic mass is 9.91. The normalized spacial score (nSPS) is 18.1. The maximum Gasteiger partial charge on any atom is 0.306 e. The summed E-state index contributed by atoms with van der Waals surface area (Å²) in [5, 5.41) is 9.28. The summed E-state index contributed by atoms with van der Waals surface area (Å²) in [4.78, 5) is 13.5. The van der Waals surface area contributed by atoms with Crippen molar-refractivity contribution in [2.24, 2.45) is 5.92 Å². The minimum Gasteiger partial charge on any atom is -0.494 e. The average molecular weight is 387 g/mol. The van der Waals surface area contributed by atoms with Gasteiger partial charge in [-0.1, -0.05) is 12.1 Å². The number of hydrogen-bond acceptors (Lipinski definition) is 5. The molecule has 6 nitrogen and oxygen atoms in total. The van der Waals surface area contributed by atoms with E-state index in [4.69, 9.17) is 14.2 Å². The summed E-state index contributed by atoms with van der Waals surface area (Å²) < 4.78 is 30.4. The predicted molar refractivity (Wildman–Crippen MR) is 99.3 cm³/mol. The maximum atomic E-state index is 14.4. The number of aliphatic carboxylic acids is 1. The minimum absolute atomic E-state index is 0.185. The van der Waals surface area contributed by atoms with Crippen LogP contribution in [-0.2, 0) is 4.79 Å². The molecule has 2 aromatic carbocycles. The number of halogens is 1. The van der Waals surface area contributed by atoms with Crippen LogP contribution in [0, 0.1) is 11.7 Å². The Hall–Kier alpha value is -2.80. The first-order valence-electron chi connectivity index (χ1n) is 9.26. The van der Waals surface area contributed by atoms with E-state index in [1.807, 2.05) is 24.3 Å². The molecular weight excluding hydrogens is 365 g/mol. The lowest BCUT2D eigenvalue weighted by Crippen LogP contribution is -2.39. The van der Waals surface area contributed by atoms with Crippen LogP contribution in [0.5, 0.6) is 17.2 Å². The van der Waals surface area contributed by atoms with E-state index in [1.54, 1.807) is 6.07 Å². The molecule has 7 heteroatoms. The molecule has 2 aliphatic heterocycles. The summed E-state index contributed by atoms with van der Waals surface area (Å²) >= 11 is 0. The molecule has 148 valence electrons. The van der Waals surface area contributed by atoms with E-state index < -0.39 is 11.8 Å².